The van der Waals surface area contributed by atoms with Gasteiger partial charge in [-0.1, -0.05) is 6.07 Å². The van der Waals surface area contributed by atoms with Gasteiger partial charge in [0.05, 0.1) is 30.5 Å². The van der Waals surface area contributed by atoms with E-state index in [0.29, 0.717) is 5.69 Å². The molecule has 210 valence electrons. The highest BCUT2D eigenvalue weighted by Gasteiger charge is 2.36. The summed E-state index contributed by atoms with van der Waals surface area (Å²) in [4.78, 5) is 31.6. The van der Waals surface area contributed by atoms with Crippen LogP contribution in [-0.2, 0) is 17.8 Å². The number of fused-ring (bicyclic) bond motifs is 2. The van der Waals surface area contributed by atoms with Gasteiger partial charge in [0.15, 0.2) is 0 Å². The average molecular weight is 557 g/mol. The number of alkyl halides is 2. The van der Waals surface area contributed by atoms with Gasteiger partial charge in [0.2, 0.25) is 17.5 Å². The molecule has 0 aliphatic carbocycles. The van der Waals surface area contributed by atoms with Gasteiger partial charge in [0.25, 0.3) is 12.0 Å². The number of aliphatic hydroxyl groups is 1. The van der Waals surface area contributed by atoms with E-state index in [0.717, 1.165) is 41.2 Å². The van der Waals surface area contributed by atoms with Crippen molar-refractivity contribution in [2.45, 2.75) is 50.3 Å². The van der Waals surface area contributed by atoms with E-state index in [1.54, 1.807) is 6.20 Å². The number of benzene rings is 1. The molecule has 0 saturated carbocycles. The van der Waals surface area contributed by atoms with Crippen LogP contribution in [0.4, 0.5) is 18.9 Å². The van der Waals surface area contributed by atoms with Gasteiger partial charge in [-0.15, -0.1) is 5.10 Å². The zero-order valence-electron chi connectivity index (χ0n) is 21.4. The number of hydrogen-bond acceptors (Lipinski definition) is 7. The number of likely N-dealkylation sites (tertiary alicyclic amines) is 1. The molecule has 1 amide bonds. The molecule has 1 aromatic carbocycles. The average Bonchev–Trinajstić information content (AvgIpc) is 3.68. The number of hydrogen-bond donors (Lipinski definition) is 2. The van der Waals surface area contributed by atoms with Crippen molar-refractivity contribution in [1.29, 1.82) is 0 Å². The molecular weight excluding hydrogens is 529 g/mol. The summed E-state index contributed by atoms with van der Waals surface area (Å²) in [6, 6.07) is 5.35. The van der Waals surface area contributed by atoms with Crippen molar-refractivity contribution in [2.24, 2.45) is 0 Å². The van der Waals surface area contributed by atoms with Crippen LogP contribution >= 0.6 is 0 Å². The first-order valence-corrected chi connectivity index (χ1v) is 13.0. The second-order valence-electron chi connectivity index (χ2n) is 10.3. The second-order valence-corrected chi connectivity index (χ2v) is 10.3. The normalized spacial score (nSPS) is 17.3. The van der Waals surface area contributed by atoms with E-state index in [2.05, 4.69) is 26.6 Å². The predicted octanol–water partition coefficient (Wildman–Crippen LogP) is 2.11. The molecule has 0 radical (unpaired) electrons. The first-order valence-electron chi connectivity index (χ1n) is 13.0. The lowest BCUT2D eigenvalue weighted by Crippen LogP contribution is -2.50. The molecule has 2 aliphatic heterocycles. The fourth-order valence-electron chi connectivity index (χ4n) is 5.43. The van der Waals surface area contributed by atoms with Crippen LogP contribution in [0.5, 0.6) is 0 Å². The van der Waals surface area contributed by atoms with Crippen molar-refractivity contribution in [3.8, 4) is 11.3 Å². The topological polar surface area (TPSA) is 123 Å². The molecule has 0 spiro atoms. The van der Waals surface area contributed by atoms with Crippen molar-refractivity contribution in [2.75, 3.05) is 25.0 Å². The number of aromatic nitrogens is 6. The van der Waals surface area contributed by atoms with E-state index < -0.39 is 41.9 Å². The highest BCUT2D eigenvalue weighted by Crippen LogP contribution is 2.29. The van der Waals surface area contributed by atoms with E-state index in [1.807, 2.05) is 12.1 Å². The maximum Gasteiger partial charge on any atom is 0.296 e. The van der Waals surface area contributed by atoms with Crippen LogP contribution in [0.2, 0.25) is 0 Å². The standard InChI is InChI=1S/C26H27F3N8O3/c27-21-4-8-36(33-21)19(23(28)29)12-22(38)34-9-5-26(40,6-10-34)14-35-15-32-37-20(13-31-24(37)25(35)39)17-1-2-18-16(11-17)3-7-30-18/h1-2,4,8,11,13,15,19,23,30,40H,3,5-7,9-10,12,14H2. The van der Waals surface area contributed by atoms with Crippen LogP contribution in [0.25, 0.3) is 16.9 Å². The van der Waals surface area contributed by atoms with Crippen LogP contribution in [0.15, 0.2) is 47.8 Å². The van der Waals surface area contributed by atoms with Crippen molar-refractivity contribution in [1.82, 2.24) is 33.8 Å². The molecule has 3 aromatic heterocycles. The second kappa shape index (κ2) is 10.1. The minimum Gasteiger partial charge on any atom is -0.388 e. The van der Waals surface area contributed by atoms with E-state index in [4.69, 9.17) is 0 Å². The Balaban J connectivity index is 1.13. The minimum atomic E-state index is -2.91. The molecule has 14 heteroatoms. The van der Waals surface area contributed by atoms with Gasteiger partial charge in [0, 0.05) is 43.1 Å². The molecule has 4 aromatic rings. The maximum atomic E-state index is 13.5. The number of anilines is 1. The van der Waals surface area contributed by atoms with Gasteiger partial charge < -0.3 is 15.3 Å². The Labute approximate surface area is 225 Å². The fourth-order valence-corrected chi connectivity index (χ4v) is 5.43. The number of piperidine rings is 1. The summed E-state index contributed by atoms with van der Waals surface area (Å²) in [5.41, 5.74) is 2.25. The van der Waals surface area contributed by atoms with Gasteiger partial charge in [-0.2, -0.15) is 9.49 Å². The summed E-state index contributed by atoms with van der Waals surface area (Å²) in [6.45, 7) is 1.05. The molecule has 40 heavy (non-hydrogen) atoms. The number of carbonyl (C=O) groups is 1. The summed E-state index contributed by atoms with van der Waals surface area (Å²) in [6.07, 6.45) is 1.75. The van der Waals surface area contributed by atoms with Crippen molar-refractivity contribution in [3.05, 3.63) is 64.9 Å². The first kappa shape index (κ1) is 26.0. The van der Waals surface area contributed by atoms with Crippen molar-refractivity contribution in [3.63, 3.8) is 0 Å². The molecule has 2 N–H and O–H groups in total. The number of carbonyl (C=O) groups excluding carboxylic acids is 1. The van der Waals surface area contributed by atoms with Gasteiger partial charge in [-0.25, -0.2) is 18.3 Å². The van der Waals surface area contributed by atoms with Crippen LogP contribution in [-0.4, -0.2) is 76.5 Å². The molecule has 0 bridgehead atoms. The Morgan fingerprint density at radius 1 is 1.20 bits per heavy atom. The molecule has 5 heterocycles. The lowest BCUT2D eigenvalue weighted by atomic mass is 9.91. The predicted molar refractivity (Wildman–Crippen MR) is 137 cm³/mol. The molecule has 11 nitrogen and oxygen atoms in total. The SMILES string of the molecule is O=C(CC(C(F)F)n1ccc(F)n1)N1CCC(O)(Cn2cnn3c(-c4ccc5c(c4)CCN5)cnc3c2=O)CC1. The summed E-state index contributed by atoms with van der Waals surface area (Å²) >= 11 is 0. The summed E-state index contributed by atoms with van der Waals surface area (Å²) < 4.78 is 43.8. The number of amides is 1. The Kier molecular flexibility index (Phi) is 6.56. The van der Waals surface area contributed by atoms with E-state index in [1.165, 1.54) is 25.9 Å². The van der Waals surface area contributed by atoms with Crippen molar-refractivity contribution < 1.29 is 23.1 Å². The third kappa shape index (κ3) is 4.83. The lowest BCUT2D eigenvalue weighted by Gasteiger charge is -2.38. The quantitative estimate of drug-likeness (QED) is 0.358. The highest BCUT2D eigenvalue weighted by molar-refractivity contribution is 5.76. The molecule has 6 rings (SSSR count). The summed E-state index contributed by atoms with van der Waals surface area (Å²) in [7, 11) is 0. The van der Waals surface area contributed by atoms with Gasteiger partial charge >= 0.3 is 0 Å². The van der Waals surface area contributed by atoms with Gasteiger partial charge in [-0.3, -0.25) is 18.8 Å². The van der Waals surface area contributed by atoms with E-state index in [-0.39, 0.29) is 38.1 Å². The Morgan fingerprint density at radius 2 is 2.00 bits per heavy atom. The molecular formula is C26H27F3N8O3. The van der Waals surface area contributed by atoms with Crippen LogP contribution < -0.4 is 10.9 Å². The number of halogens is 3. The zero-order valence-corrected chi connectivity index (χ0v) is 21.4. The van der Waals surface area contributed by atoms with Crippen LogP contribution in [0.3, 0.4) is 0 Å². The first-order chi connectivity index (χ1) is 19.2. The summed E-state index contributed by atoms with van der Waals surface area (Å²) in [5, 5.41) is 22.3. The number of nitrogens with zero attached hydrogens (tertiary/aromatic N) is 7. The fraction of sp³-hybridized carbons (Fsp3) is 0.423. The van der Waals surface area contributed by atoms with E-state index in [9.17, 15) is 27.9 Å². The molecule has 2 aliphatic rings. The zero-order chi connectivity index (χ0) is 28.0. The molecule has 1 atom stereocenters. The Bertz CT molecular complexity index is 1620. The minimum absolute atomic E-state index is 0.0592. The Hall–Kier alpha value is -4.20. The largest absolute Gasteiger partial charge is 0.388 e. The summed E-state index contributed by atoms with van der Waals surface area (Å²) in [5.74, 6) is -1.45. The molecule has 1 saturated heterocycles. The van der Waals surface area contributed by atoms with Crippen LogP contribution in [0.1, 0.15) is 30.9 Å². The lowest BCUT2D eigenvalue weighted by molar-refractivity contribution is -0.138. The van der Waals surface area contributed by atoms with Crippen LogP contribution in [0, 0.1) is 5.95 Å². The van der Waals surface area contributed by atoms with Gasteiger partial charge in [-0.05, 0) is 37.0 Å². The van der Waals surface area contributed by atoms with Crippen molar-refractivity contribution >= 4 is 17.2 Å². The smallest absolute Gasteiger partial charge is 0.296 e. The Morgan fingerprint density at radius 3 is 2.73 bits per heavy atom. The number of imidazole rings is 1. The highest BCUT2D eigenvalue weighted by atomic mass is 19.3. The number of nitrogens with one attached hydrogen (secondary N) is 1. The van der Waals surface area contributed by atoms with E-state index >= 15 is 0 Å². The molecule has 1 unspecified atom stereocenters. The number of rotatable bonds is 7. The molecule has 1 fully saturated rings. The third-order valence-electron chi connectivity index (χ3n) is 7.71. The monoisotopic (exact) mass is 556 g/mol. The third-order valence-corrected chi connectivity index (χ3v) is 7.71. The van der Waals surface area contributed by atoms with Gasteiger partial charge in [0.1, 0.15) is 12.4 Å². The maximum absolute atomic E-state index is 13.5.